The number of aromatic nitrogens is 2. The highest BCUT2D eigenvalue weighted by molar-refractivity contribution is 7.98. The van der Waals surface area contributed by atoms with Crippen LogP contribution in [0.3, 0.4) is 0 Å². The molecule has 3 rings (SSSR count). The predicted octanol–water partition coefficient (Wildman–Crippen LogP) is 5.89. The second-order valence-electron chi connectivity index (χ2n) is 6.85. The monoisotopic (exact) mass is 462 g/mol. The lowest BCUT2D eigenvalue weighted by Gasteiger charge is -2.11. The Labute approximate surface area is 187 Å². The van der Waals surface area contributed by atoms with E-state index < -0.39 is 17.8 Å². The van der Waals surface area contributed by atoms with Gasteiger partial charge >= 0.3 is 12.3 Å². The number of alkyl halides is 3. The van der Waals surface area contributed by atoms with Crippen LogP contribution >= 0.6 is 11.8 Å². The van der Waals surface area contributed by atoms with E-state index in [1.54, 1.807) is 6.07 Å². The second kappa shape index (κ2) is 10.4. The number of aryl methyl sites for hydroxylation is 1. The molecule has 3 aromatic rings. The van der Waals surface area contributed by atoms with Gasteiger partial charge in [-0.25, -0.2) is 14.8 Å². The van der Waals surface area contributed by atoms with Gasteiger partial charge in [0.2, 0.25) is 0 Å². The number of hydrogen-bond acceptors (Lipinski definition) is 6. The normalized spacial score (nSPS) is 11.2. The first kappa shape index (κ1) is 23.4. The lowest BCUT2D eigenvalue weighted by molar-refractivity contribution is -0.137. The molecule has 168 valence electrons. The first-order valence-corrected chi connectivity index (χ1v) is 10.8. The molecule has 1 amide bonds. The van der Waals surface area contributed by atoms with E-state index in [0.717, 1.165) is 17.7 Å². The number of nitrogens with zero attached hydrogens (tertiary/aromatic N) is 2. The van der Waals surface area contributed by atoms with Crippen LogP contribution in [-0.4, -0.2) is 22.3 Å². The molecule has 0 fully saturated rings. The molecule has 32 heavy (non-hydrogen) atoms. The fourth-order valence-electron chi connectivity index (χ4n) is 2.69. The van der Waals surface area contributed by atoms with Crippen LogP contribution in [0.25, 0.3) is 0 Å². The van der Waals surface area contributed by atoms with Crippen LogP contribution < -0.4 is 10.6 Å². The predicted molar refractivity (Wildman–Crippen MR) is 118 cm³/mol. The van der Waals surface area contributed by atoms with Crippen molar-refractivity contribution in [1.82, 2.24) is 9.97 Å². The number of benzene rings is 2. The first-order valence-electron chi connectivity index (χ1n) is 9.55. The van der Waals surface area contributed by atoms with Gasteiger partial charge < -0.3 is 10.1 Å². The molecule has 0 saturated heterocycles. The van der Waals surface area contributed by atoms with E-state index in [4.69, 9.17) is 4.74 Å². The number of thioether (sulfide) groups is 1. The van der Waals surface area contributed by atoms with E-state index in [1.165, 1.54) is 29.5 Å². The molecule has 2 aromatic carbocycles. The van der Waals surface area contributed by atoms with Crippen LogP contribution in [0.15, 0.2) is 59.8 Å². The smallest absolute Gasteiger partial charge is 0.416 e. The fourth-order valence-corrected chi connectivity index (χ4v) is 3.09. The Morgan fingerprint density at radius 2 is 1.84 bits per heavy atom. The minimum Gasteiger partial charge on any atom is -0.443 e. The standard InChI is InChI=1S/C22H21F3N4O2S/c1-14-6-8-15(9-7-14)12-26-19-11-18(27-20(29-19)32-2)13-31-21(30)28-17-5-3-4-16(10-17)22(23,24)25/h3-11H,12-13H2,1-2H3,(H,28,30)(H,26,27,29). The van der Waals surface area contributed by atoms with Gasteiger partial charge in [0.05, 0.1) is 11.3 Å². The van der Waals surface area contributed by atoms with Crippen molar-refractivity contribution in [2.24, 2.45) is 0 Å². The lowest BCUT2D eigenvalue weighted by Crippen LogP contribution is -2.15. The highest BCUT2D eigenvalue weighted by atomic mass is 32.2. The topological polar surface area (TPSA) is 76.1 Å². The molecule has 0 spiro atoms. The molecule has 2 N–H and O–H groups in total. The Morgan fingerprint density at radius 3 is 2.53 bits per heavy atom. The average molecular weight is 462 g/mol. The summed E-state index contributed by atoms with van der Waals surface area (Å²) in [5.41, 5.74) is 1.83. The molecule has 0 bridgehead atoms. The van der Waals surface area contributed by atoms with Crippen molar-refractivity contribution in [3.05, 3.63) is 77.0 Å². The third kappa shape index (κ3) is 6.88. The van der Waals surface area contributed by atoms with Crippen molar-refractivity contribution < 1.29 is 22.7 Å². The van der Waals surface area contributed by atoms with Crippen LogP contribution in [0.2, 0.25) is 0 Å². The maximum absolute atomic E-state index is 12.8. The largest absolute Gasteiger partial charge is 0.443 e. The molecule has 0 saturated carbocycles. The SMILES string of the molecule is CSc1nc(COC(=O)Nc2cccc(C(F)(F)F)c2)cc(NCc2ccc(C)cc2)n1. The number of halogens is 3. The van der Waals surface area contributed by atoms with Crippen LogP contribution in [0.4, 0.5) is 29.5 Å². The molecule has 6 nitrogen and oxygen atoms in total. The van der Waals surface area contributed by atoms with Crippen LogP contribution in [0, 0.1) is 6.92 Å². The van der Waals surface area contributed by atoms with Gasteiger partial charge in [0.15, 0.2) is 5.16 Å². The summed E-state index contributed by atoms with van der Waals surface area (Å²) >= 11 is 1.34. The van der Waals surface area contributed by atoms with Gasteiger partial charge in [-0.15, -0.1) is 0 Å². The number of carbonyl (C=O) groups is 1. The third-order valence-corrected chi connectivity index (χ3v) is 4.87. The van der Waals surface area contributed by atoms with Crippen LogP contribution in [0.5, 0.6) is 0 Å². The Balaban J connectivity index is 1.61. The van der Waals surface area contributed by atoms with Gasteiger partial charge in [-0.05, 0) is 36.9 Å². The Bertz CT molecular complexity index is 1080. The van der Waals surface area contributed by atoms with Gasteiger partial charge in [-0.2, -0.15) is 13.2 Å². The van der Waals surface area contributed by atoms with Crippen molar-refractivity contribution in [3.8, 4) is 0 Å². The van der Waals surface area contributed by atoms with Crippen molar-refractivity contribution in [3.63, 3.8) is 0 Å². The Morgan fingerprint density at radius 1 is 1.09 bits per heavy atom. The summed E-state index contributed by atoms with van der Waals surface area (Å²) in [6.45, 7) is 2.41. The minimum atomic E-state index is -4.50. The van der Waals surface area contributed by atoms with Crippen LogP contribution in [-0.2, 0) is 24.1 Å². The van der Waals surface area contributed by atoms with Gasteiger partial charge in [-0.1, -0.05) is 47.7 Å². The average Bonchev–Trinajstić information content (AvgIpc) is 2.77. The first-order chi connectivity index (χ1) is 15.2. The zero-order chi connectivity index (χ0) is 23.1. The zero-order valence-electron chi connectivity index (χ0n) is 17.4. The van der Waals surface area contributed by atoms with E-state index >= 15 is 0 Å². The molecular formula is C22H21F3N4O2S. The molecule has 0 radical (unpaired) electrons. The van der Waals surface area contributed by atoms with E-state index in [1.807, 2.05) is 37.4 Å². The summed E-state index contributed by atoms with van der Waals surface area (Å²) in [6.07, 6.45) is -3.56. The van der Waals surface area contributed by atoms with Crippen molar-refractivity contribution in [2.75, 3.05) is 16.9 Å². The Kier molecular flexibility index (Phi) is 7.57. The van der Waals surface area contributed by atoms with E-state index in [9.17, 15) is 18.0 Å². The number of ether oxygens (including phenoxy) is 1. The molecule has 0 aliphatic rings. The minimum absolute atomic E-state index is 0.0160. The van der Waals surface area contributed by atoms with Crippen molar-refractivity contribution in [1.29, 1.82) is 0 Å². The summed E-state index contributed by atoms with van der Waals surface area (Å²) in [4.78, 5) is 20.7. The molecule has 0 aliphatic heterocycles. The lowest BCUT2D eigenvalue weighted by atomic mass is 10.1. The number of hydrogen-bond donors (Lipinski definition) is 2. The summed E-state index contributed by atoms with van der Waals surface area (Å²) in [5, 5.41) is 6.01. The highest BCUT2D eigenvalue weighted by Crippen LogP contribution is 2.30. The quantitative estimate of drug-likeness (QED) is 0.337. The summed E-state index contributed by atoms with van der Waals surface area (Å²) in [5.74, 6) is 0.571. The summed E-state index contributed by atoms with van der Waals surface area (Å²) in [7, 11) is 0. The molecule has 0 atom stereocenters. The van der Waals surface area contributed by atoms with E-state index in [2.05, 4.69) is 20.6 Å². The maximum Gasteiger partial charge on any atom is 0.416 e. The summed E-state index contributed by atoms with van der Waals surface area (Å²) < 4.78 is 43.5. The second-order valence-corrected chi connectivity index (χ2v) is 7.62. The van der Waals surface area contributed by atoms with E-state index in [0.29, 0.717) is 23.2 Å². The van der Waals surface area contributed by atoms with E-state index in [-0.39, 0.29) is 12.3 Å². The van der Waals surface area contributed by atoms with Gasteiger partial charge in [-0.3, -0.25) is 5.32 Å². The Hall–Kier alpha value is -3.27. The van der Waals surface area contributed by atoms with Gasteiger partial charge in [0.25, 0.3) is 0 Å². The number of amides is 1. The van der Waals surface area contributed by atoms with Gasteiger partial charge in [0.1, 0.15) is 12.4 Å². The van der Waals surface area contributed by atoms with Crippen molar-refractivity contribution >= 4 is 29.4 Å². The zero-order valence-corrected chi connectivity index (χ0v) is 18.2. The van der Waals surface area contributed by atoms with Gasteiger partial charge in [0, 0.05) is 18.3 Å². The molecule has 10 heteroatoms. The summed E-state index contributed by atoms with van der Waals surface area (Å²) in [6, 6.07) is 14.0. The maximum atomic E-state index is 12.8. The molecule has 1 aromatic heterocycles. The highest BCUT2D eigenvalue weighted by Gasteiger charge is 2.30. The molecule has 1 heterocycles. The number of rotatable bonds is 7. The fraction of sp³-hybridized carbons (Fsp3) is 0.227. The number of anilines is 2. The molecule has 0 unspecified atom stereocenters. The number of nitrogens with one attached hydrogen (secondary N) is 2. The number of carbonyl (C=O) groups excluding carboxylic acids is 1. The van der Waals surface area contributed by atoms with Crippen molar-refractivity contribution in [2.45, 2.75) is 31.4 Å². The van der Waals surface area contributed by atoms with Crippen LogP contribution in [0.1, 0.15) is 22.4 Å². The third-order valence-electron chi connectivity index (χ3n) is 4.32. The molecule has 0 aliphatic carbocycles. The molecular weight excluding hydrogens is 441 g/mol.